The second-order valence-electron chi connectivity index (χ2n) is 3.47. The second-order valence-corrected chi connectivity index (χ2v) is 5.05. The van der Waals surface area contributed by atoms with Gasteiger partial charge in [0.1, 0.15) is 5.15 Å². The summed E-state index contributed by atoms with van der Waals surface area (Å²) in [5, 5.41) is 1.41. The molecule has 0 atom stereocenters. The number of aromatic nitrogens is 1. The van der Waals surface area contributed by atoms with Crippen molar-refractivity contribution in [2.75, 3.05) is 7.11 Å². The van der Waals surface area contributed by atoms with Crippen molar-refractivity contribution in [2.45, 2.75) is 0 Å². The van der Waals surface area contributed by atoms with Gasteiger partial charge in [0.2, 0.25) is 5.88 Å². The van der Waals surface area contributed by atoms with Crippen molar-refractivity contribution in [2.24, 2.45) is 0 Å². The SMILES string of the molecule is COc1cc(-c2cc(Cl)c(Cl)c(Cl)c2)cc(Cl)n1. The maximum atomic E-state index is 5.99. The van der Waals surface area contributed by atoms with Crippen LogP contribution in [0.2, 0.25) is 20.2 Å². The second kappa shape index (κ2) is 5.54. The molecular weight excluding hydrogens is 316 g/mol. The highest BCUT2D eigenvalue weighted by Gasteiger charge is 2.09. The molecule has 0 saturated carbocycles. The average Bonchev–Trinajstić information content (AvgIpc) is 2.34. The Morgan fingerprint density at radius 1 is 0.889 bits per heavy atom. The van der Waals surface area contributed by atoms with Crippen LogP contribution in [0.3, 0.4) is 0 Å². The highest BCUT2D eigenvalue weighted by Crippen LogP contribution is 2.36. The Morgan fingerprint density at radius 2 is 1.44 bits per heavy atom. The van der Waals surface area contributed by atoms with E-state index in [2.05, 4.69) is 4.98 Å². The molecule has 0 fully saturated rings. The first-order chi connectivity index (χ1) is 8.51. The topological polar surface area (TPSA) is 22.1 Å². The molecule has 0 aliphatic carbocycles. The molecule has 2 rings (SSSR count). The first-order valence-corrected chi connectivity index (χ1v) is 6.39. The predicted octanol–water partition coefficient (Wildman–Crippen LogP) is 5.37. The number of ether oxygens (including phenoxy) is 1. The Morgan fingerprint density at radius 3 is 2.00 bits per heavy atom. The maximum absolute atomic E-state index is 5.99. The highest BCUT2D eigenvalue weighted by atomic mass is 35.5. The molecule has 0 radical (unpaired) electrons. The van der Waals surface area contributed by atoms with Crippen molar-refractivity contribution in [3.8, 4) is 17.0 Å². The zero-order valence-electron chi connectivity index (χ0n) is 9.18. The van der Waals surface area contributed by atoms with E-state index in [0.29, 0.717) is 26.1 Å². The van der Waals surface area contributed by atoms with E-state index in [9.17, 15) is 0 Å². The highest BCUT2D eigenvalue weighted by molar-refractivity contribution is 6.48. The maximum Gasteiger partial charge on any atom is 0.214 e. The summed E-state index contributed by atoms with van der Waals surface area (Å²) < 4.78 is 5.05. The molecular formula is C12H7Cl4NO. The Bertz CT molecular complexity index is 578. The van der Waals surface area contributed by atoms with E-state index in [1.807, 2.05) is 0 Å². The third-order valence-electron chi connectivity index (χ3n) is 2.30. The molecule has 1 heterocycles. The van der Waals surface area contributed by atoms with E-state index in [1.54, 1.807) is 24.3 Å². The fourth-order valence-corrected chi connectivity index (χ4v) is 2.26. The van der Waals surface area contributed by atoms with E-state index in [-0.39, 0.29) is 0 Å². The van der Waals surface area contributed by atoms with Gasteiger partial charge in [-0.15, -0.1) is 0 Å². The molecule has 0 N–H and O–H groups in total. The number of pyridine rings is 1. The third kappa shape index (κ3) is 2.83. The fraction of sp³-hybridized carbons (Fsp3) is 0.0833. The van der Waals surface area contributed by atoms with Gasteiger partial charge in [-0.25, -0.2) is 4.98 Å². The van der Waals surface area contributed by atoms with Crippen LogP contribution in [-0.2, 0) is 0 Å². The van der Waals surface area contributed by atoms with Crippen molar-refractivity contribution < 1.29 is 4.74 Å². The summed E-state index contributed by atoms with van der Waals surface area (Å²) in [6.45, 7) is 0. The quantitative estimate of drug-likeness (QED) is 0.547. The summed E-state index contributed by atoms with van der Waals surface area (Å²) in [6.07, 6.45) is 0. The lowest BCUT2D eigenvalue weighted by molar-refractivity contribution is 0.398. The zero-order chi connectivity index (χ0) is 13.3. The van der Waals surface area contributed by atoms with Crippen LogP contribution >= 0.6 is 46.4 Å². The normalized spacial score (nSPS) is 10.5. The van der Waals surface area contributed by atoms with Gasteiger partial charge in [-0.3, -0.25) is 0 Å². The lowest BCUT2D eigenvalue weighted by Crippen LogP contribution is -1.89. The average molecular weight is 323 g/mol. The number of hydrogen-bond acceptors (Lipinski definition) is 2. The number of hydrogen-bond donors (Lipinski definition) is 0. The van der Waals surface area contributed by atoms with Crippen LogP contribution < -0.4 is 4.74 Å². The molecule has 1 aromatic heterocycles. The fourth-order valence-electron chi connectivity index (χ4n) is 1.47. The van der Waals surface area contributed by atoms with E-state index in [1.165, 1.54) is 7.11 Å². The molecule has 0 amide bonds. The molecule has 2 aromatic rings. The molecule has 1 aromatic carbocycles. The van der Waals surface area contributed by atoms with Gasteiger partial charge in [-0.05, 0) is 29.3 Å². The number of rotatable bonds is 2. The number of halogens is 4. The van der Waals surface area contributed by atoms with Gasteiger partial charge < -0.3 is 4.74 Å². The van der Waals surface area contributed by atoms with Gasteiger partial charge >= 0.3 is 0 Å². The van der Waals surface area contributed by atoms with Crippen LogP contribution in [0.5, 0.6) is 5.88 Å². The Balaban J connectivity index is 2.58. The smallest absolute Gasteiger partial charge is 0.214 e. The van der Waals surface area contributed by atoms with Crippen LogP contribution in [0, 0.1) is 0 Å². The van der Waals surface area contributed by atoms with Gasteiger partial charge in [-0.2, -0.15) is 0 Å². The molecule has 0 aliphatic rings. The summed E-state index contributed by atoms with van der Waals surface area (Å²) in [5.41, 5.74) is 1.59. The predicted molar refractivity (Wildman–Crippen MR) is 76.3 cm³/mol. The van der Waals surface area contributed by atoms with E-state index < -0.39 is 0 Å². The monoisotopic (exact) mass is 321 g/mol. The van der Waals surface area contributed by atoms with Crippen molar-refractivity contribution in [1.82, 2.24) is 4.98 Å². The lowest BCUT2D eigenvalue weighted by atomic mass is 10.1. The van der Waals surface area contributed by atoms with Crippen LogP contribution in [0.1, 0.15) is 0 Å². The summed E-state index contributed by atoms with van der Waals surface area (Å²) in [7, 11) is 1.52. The van der Waals surface area contributed by atoms with Crippen LogP contribution in [0.25, 0.3) is 11.1 Å². The van der Waals surface area contributed by atoms with Gasteiger partial charge in [0, 0.05) is 6.07 Å². The van der Waals surface area contributed by atoms with Crippen molar-refractivity contribution in [3.05, 3.63) is 44.5 Å². The standard InChI is InChI=1S/C12H7Cl4NO/c1-18-11-5-7(4-10(15)17-11)6-2-8(13)12(16)9(14)3-6/h2-5H,1H3. The Labute approximate surface area is 124 Å². The minimum atomic E-state index is 0.326. The zero-order valence-corrected chi connectivity index (χ0v) is 12.2. The molecule has 2 nitrogen and oxygen atoms in total. The molecule has 6 heteroatoms. The Hall–Kier alpha value is -0.670. The van der Waals surface area contributed by atoms with E-state index in [4.69, 9.17) is 51.1 Å². The third-order valence-corrected chi connectivity index (χ3v) is 3.69. The van der Waals surface area contributed by atoms with Crippen molar-refractivity contribution in [1.29, 1.82) is 0 Å². The van der Waals surface area contributed by atoms with Gasteiger partial charge in [0.25, 0.3) is 0 Å². The van der Waals surface area contributed by atoms with Crippen molar-refractivity contribution >= 4 is 46.4 Å². The van der Waals surface area contributed by atoms with Crippen LogP contribution in [-0.4, -0.2) is 12.1 Å². The molecule has 94 valence electrons. The Kier molecular flexibility index (Phi) is 4.23. The number of nitrogens with zero attached hydrogens (tertiary/aromatic N) is 1. The summed E-state index contributed by atoms with van der Waals surface area (Å²) in [5.74, 6) is 0.416. The molecule has 0 aliphatic heterocycles. The summed E-state index contributed by atoms with van der Waals surface area (Å²) >= 11 is 23.8. The van der Waals surface area contributed by atoms with E-state index in [0.717, 1.165) is 11.1 Å². The molecule has 0 unspecified atom stereocenters. The van der Waals surface area contributed by atoms with Gasteiger partial charge in [0.15, 0.2) is 0 Å². The largest absolute Gasteiger partial charge is 0.481 e. The lowest BCUT2D eigenvalue weighted by Gasteiger charge is -2.07. The van der Waals surface area contributed by atoms with Crippen molar-refractivity contribution in [3.63, 3.8) is 0 Å². The minimum absolute atomic E-state index is 0.326. The van der Waals surface area contributed by atoms with Crippen LogP contribution in [0.4, 0.5) is 0 Å². The number of methoxy groups -OCH3 is 1. The summed E-state index contributed by atoms with van der Waals surface area (Å²) in [4.78, 5) is 3.99. The number of benzene rings is 1. The molecule has 18 heavy (non-hydrogen) atoms. The van der Waals surface area contributed by atoms with Gasteiger partial charge in [0.05, 0.1) is 22.2 Å². The first kappa shape index (κ1) is 13.8. The molecule has 0 spiro atoms. The van der Waals surface area contributed by atoms with Gasteiger partial charge in [-0.1, -0.05) is 46.4 Å². The minimum Gasteiger partial charge on any atom is -0.481 e. The summed E-state index contributed by atoms with van der Waals surface area (Å²) in [6, 6.07) is 6.85. The molecule has 0 bridgehead atoms. The first-order valence-electron chi connectivity index (χ1n) is 4.87. The van der Waals surface area contributed by atoms with E-state index >= 15 is 0 Å². The molecule has 0 saturated heterocycles. The van der Waals surface area contributed by atoms with Crippen LogP contribution in [0.15, 0.2) is 24.3 Å².